The number of aryl methyl sites for hydroxylation is 1. The largest absolute Gasteiger partial charge is 0.321 e. The fourth-order valence-electron chi connectivity index (χ4n) is 5.68. The van der Waals surface area contributed by atoms with Crippen molar-refractivity contribution >= 4 is 57.6 Å². The van der Waals surface area contributed by atoms with E-state index in [1.807, 2.05) is 61.5 Å². The molecule has 3 N–H and O–H groups in total. The van der Waals surface area contributed by atoms with Crippen LogP contribution < -0.4 is 16.0 Å². The van der Waals surface area contributed by atoms with Crippen molar-refractivity contribution in [2.75, 3.05) is 22.9 Å². The van der Waals surface area contributed by atoms with Crippen molar-refractivity contribution in [3.05, 3.63) is 153 Å². The smallest absolute Gasteiger partial charge is 0.272 e. The van der Waals surface area contributed by atoms with Crippen molar-refractivity contribution in [3.8, 4) is 6.07 Å². The summed E-state index contributed by atoms with van der Waals surface area (Å²) in [5.41, 5.74) is 5.67. The number of thioether (sulfide) groups is 1. The number of hydrogen-bond donors (Lipinski definition) is 3. The van der Waals surface area contributed by atoms with Crippen LogP contribution in [0.15, 0.2) is 120 Å². The minimum Gasteiger partial charge on any atom is -0.321 e. The minimum atomic E-state index is -0.483. The van der Waals surface area contributed by atoms with Crippen LogP contribution in [0.4, 0.5) is 10.7 Å². The molecule has 0 saturated carbocycles. The predicted molar refractivity (Wildman–Crippen MR) is 201 cm³/mol. The van der Waals surface area contributed by atoms with Gasteiger partial charge in [0.2, 0.25) is 5.91 Å². The molecular formula is C40H35N5O3S2. The fourth-order valence-corrected chi connectivity index (χ4v) is 7.69. The molecule has 0 atom stereocenters. The molecule has 6 rings (SSSR count). The van der Waals surface area contributed by atoms with E-state index in [2.05, 4.69) is 39.1 Å². The third kappa shape index (κ3) is 8.95. The lowest BCUT2D eigenvalue weighted by molar-refractivity contribution is -0.114. The van der Waals surface area contributed by atoms with E-state index in [4.69, 9.17) is 0 Å². The first-order valence-electron chi connectivity index (χ1n) is 16.1. The molecule has 250 valence electrons. The maximum Gasteiger partial charge on any atom is 0.272 e. The highest BCUT2D eigenvalue weighted by Crippen LogP contribution is 2.37. The summed E-state index contributed by atoms with van der Waals surface area (Å²) in [5.74, 6) is -0.974. The second-order valence-corrected chi connectivity index (χ2v) is 14.0. The Morgan fingerprint density at radius 1 is 0.920 bits per heavy atom. The van der Waals surface area contributed by atoms with Crippen LogP contribution in [0.1, 0.15) is 43.1 Å². The zero-order valence-corrected chi connectivity index (χ0v) is 29.1. The Bertz CT molecular complexity index is 2090. The fraction of sp³-hybridized carbons (Fsp3) is 0.150. The lowest BCUT2D eigenvalue weighted by Crippen LogP contribution is -2.30. The van der Waals surface area contributed by atoms with Crippen molar-refractivity contribution < 1.29 is 14.4 Å². The molecule has 0 radical (unpaired) electrons. The third-order valence-corrected chi connectivity index (χ3v) is 10.2. The monoisotopic (exact) mass is 697 g/mol. The first kappa shape index (κ1) is 34.4. The van der Waals surface area contributed by atoms with E-state index < -0.39 is 11.8 Å². The summed E-state index contributed by atoms with van der Waals surface area (Å²) in [4.78, 5) is 43.8. The zero-order valence-electron chi connectivity index (χ0n) is 27.4. The van der Waals surface area contributed by atoms with Gasteiger partial charge in [-0.3, -0.25) is 19.3 Å². The second kappa shape index (κ2) is 16.3. The molecule has 3 amide bonds. The lowest BCUT2D eigenvalue weighted by atomic mass is 10.0. The minimum absolute atomic E-state index is 0.0945. The van der Waals surface area contributed by atoms with E-state index >= 15 is 0 Å². The number of benzene rings is 4. The number of carbonyl (C=O) groups is 3. The maximum atomic E-state index is 13.5. The SMILES string of the molecule is Cc1cccc(/C=C(/NC(=O)c2ccccc2)C(=O)Nc2cccc(SCC(=O)Nc3sc4c(c3C#N)CCN(Cc3ccccc3)C4)c2)c1. The summed E-state index contributed by atoms with van der Waals surface area (Å²) in [6.07, 6.45) is 2.41. The topological polar surface area (TPSA) is 114 Å². The van der Waals surface area contributed by atoms with Gasteiger partial charge in [-0.1, -0.05) is 84.4 Å². The van der Waals surface area contributed by atoms with Crippen molar-refractivity contribution in [1.29, 1.82) is 5.26 Å². The summed E-state index contributed by atoms with van der Waals surface area (Å²) in [5, 5.41) is 19.2. The predicted octanol–water partition coefficient (Wildman–Crippen LogP) is 7.63. The normalized spacial score (nSPS) is 12.8. The van der Waals surface area contributed by atoms with Gasteiger partial charge in [0.05, 0.1) is 11.3 Å². The Morgan fingerprint density at radius 2 is 1.68 bits per heavy atom. The van der Waals surface area contributed by atoms with Gasteiger partial charge in [-0.2, -0.15) is 5.26 Å². The Labute approximate surface area is 299 Å². The molecule has 0 fully saturated rings. The first-order chi connectivity index (χ1) is 24.3. The molecule has 1 aliphatic rings. The average molecular weight is 698 g/mol. The van der Waals surface area contributed by atoms with Crippen molar-refractivity contribution in [1.82, 2.24) is 10.2 Å². The van der Waals surface area contributed by atoms with E-state index in [-0.39, 0.29) is 17.4 Å². The molecule has 2 heterocycles. The van der Waals surface area contributed by atoms with Gasteiger partial charge in [-0.05, 0) is 66.4 Å². The number of rotatable bonds is 11. The third-order valence-electron chi connectivity index (χ3n) is 8.09. The number of hydrogen-bond acceptors (Lipinski definition) is 7. The highest BCUT2D eigenvalue weighted by molar-refractivity contribution is 8.00. The summed E-state index contributed by atoms with van der Waals surface area (Å²) in [6.45, 7) is 4.39. The molecule has 8 nitrogen and oxygen atoms in total. The van der Waals surface area contributed by atoms with E-state index in [9.17, 15) is 19.6 Å². The van der Waals surface area contributed by atoms with Crippen LogP contribution in [-0.2, 0) is 29.1 Å². The molecule has 5 aromatic rings. The molecule has 0 aliphatic carbocycles. The molecule has 1 aromatic heterocycles. The van der Waals surface area contributed by atoms with Crippen LogP contribution >= 0.6 is 23.1 Å². The second-order valence-electron chi connectivity index (χ2n) is 11.9. The molecular weight excluding hydrogens is 663 g/mol. The van der Waals surface area contributed by atoms with Gasteiger partial charge in [-0.25, -0.2) is 0 Å². The summed E-state index contributed by atoms with van der Waals surface area (Å²) in [6, 6.07) is 36.2. The van der Waals surface area contributed by atoms with Gasteiger partial charge in [0, 0.05) is 40.7 Å². The highest BCUT2D eigenvalue weighted by Gasteiger charge is 2.25. The molecule has 4 aromatic carbocycles. The van der Waals surface area contributed by atoms with Gasteiger partial charge in [-0.15, -0.1) is 23.1 Å². The number of carbonyl (C=O) groups excluding carboxylic acids is 3. The number of nitrogens with one attached hydrogen (secondary N) is 3. The van der Waals surface area contributed by atoms with Crippen LogP contribution in [0.5, 0.6) is 0 Å². The van der Waals surface area contributed by atoms with Crippen molar-refractivity contribution in [3.63, 3.8) is 0 Å². The van der Waals surface area contributed by atoms with Crippen LogP contribution in [0.2, 0.25) is 0 Å². The number of thiophene rings is 1. The van der Waals surface area contributed by atoms with Crippen LogP contribution in [0.25, 0.3) is 6.08 Å². The van der Waals surface area contributed by atoms with E-state index in [1.54, 1.807) is 48.5 Å². The number of fused-ring (bicyclic) bond motifs is 1. The zero-order chi connectivity index (χ0) is 34.9. The quantitative estimate of drug-likeness (QED) is 0.0967. The van der Waals surface area contributed by atoms with Crippen LogP contribution in [0, 0.1) is 18.3 Å². The van der Waals surface area contributed by atoms with Gasteiger partial charge >= 0.3 is 0 Å². The number of amides is 3. The van der Waals surface area contributed by atoms with E-state index in [0.717, 1.165) is 52.5 Å². The maximum absolute atomic E-state index is 13.5. The Kier molecular flexibility index (Phi) is 11.2. The van der Waals surface area contributed by atoms with E-state index in [0.29, 0.717) is 21.8 Å². The molecule has 0 unspecified atom stereocenters. The van der Waals surface area contributed by atoms with Crippen molar-refractivity contribution in [2.24, 2.45) is 0 Å². The summed E-state index contributed by atoms with van der Waals surface area (Å²) < 4.78 is 0. The Morgan fingerprint density at radius 3 is 2.44 bits per heavy atom. The molecule has 0 spiro atoms. The number of nitriles is 1. The molecule has 1 aliphatic heterocycles. The lowest BCUT2D eigenvalue weighted by Gasteiger charge is -2.26. The highest BCUT2D eigenvalue weighted by atomic mass is 32.2. The van der Waals surface area contributed by atoms with Crippen LogP contribution in [-0.4, -0.2) is 34.9 Å². The van der Waals surface area contributed by atoms with E-state index in [1.165, 1.54) is 28.7 Å². The van der Waals surface area contributed by atoms with Gasteiger partial charge in [0.1, 0.15) is 16.8 Å². The number of anilines is 2. The Balaban J connectivity index is 1.09. The van der Waals surface area contributed by atoms with Gasteiger partial charge in [0.25, 0.3) is 11.8 Å². The summed E-state index contributed by atoms with van der Waals surface area (Å²) in [7, 11) is 0. The molecule has 10 heteroatoms. The first-order valence-corrected chi connectivity index (χ1v) is 17.9. The summed E-state index contributed by atoms with van der Waals surface area (Å²) >= 11 is 2.80. The molecule has 0 bridgehead atoms. The Hall–Kier alpha value is -5.47. The molecule has 50 heavy (non-hydrogen) atoms. The molecule has 0 saturated heterocycles. The van der Waals surface area contributed by atoms with Crippen LogP contribution in [0.3, 0.4) is 0 Å². The van der Waals surface area contributed by atoms with Gasteiger partial charge in [0.15, 0.2) is 0 Å². The standard InChI is InChI=1S/C40H35N5O3S2/c1-27-10-8-13-29(20-27)21-35(43-38(47)30-14-6-3-7-15-30)39(48)42-31-16-9-17-32(22-31)49-26-37(46)44-40-34(23-41)33-18-19-45(25-36(33)50-40)24-28-11-4-2-5-12-28/h2-17,20-22H,18-19,24-26H2,1H3,(H,42,48)(H,43,47)(H,44,46)/b35-21+. The van der Waals surface area contributed by atoms with Gasteiger partial charge < -0.3 is 16.0 Å². The van der Waals surface area contributed by atoms with Crippen molar-refractivity contribution in [2.45, 2.75) is 31.3 Å². The number of nitrogens with zero attached hydrogens (tertiary/aromatic N) is 2. The average Bonchev–Trinajstić information content (AvgIpc) is 3.47.